The van der Waals surface area contributed by atoms with Gasteiger partial charge >= 0.3 is 5.69 Å². The average molecular weight is 493 g/mol. The van der Waals surface area contributed by atoms with Gasteiger partial charge in [-0.15, -0.1) is 11.3 Å². The molecular formula is C25H24N4O5S. The van der Waals surface area contributed by atoms with E-state index in [1.54, 1.807) is 45.3 Å². The lowest BCUT2D eigenvalue weighted by Gasteiger charge is -2.13. The molecule has 10 heteroatoms. The number of aryl methyl sites for hydroxylation is 2. The standard InChI is InChI=1S/C25H24N4O5S/c1-5-16-6-10-18(11-7-16)28-22(30)20-15(2)21(23(31)26(3)4)35-24(20)27(25(28)32)14-17-8-12-19(13-9-17)29(33)34/h6-13H,5,14H2,1-4H3. The number of benzene rings is 2. The van der Waals surface area contributed by atoms with E-state index in [1.807, 2.05) is 19.1 Å². The summed E-state index contributed by atoms with van der Waals surface area (Å²) in [7, 11) is 3.26. The average Bonchev–Trinajstić information content (AvgIpc) is 3.19. The molecule has 1 amide bonds. The minimum Gasteiger partial charge on any atom is -0.344 e. The van der Waals surface area contributed by atoms with Crippen molar-refractivity contribution in [3.05, 3.63) is 101 Å². The molecule has 0 aliphatic carbocycles. The van der Waals surface area contributed by atoms with Crippen LogP contribution >= 0.6 is 11.3 Å². The summed E-state index contributed by atoms with van der Waals surface area (Å²) in [6.45, 7) is 3.81. The number of nitro groups is 1. The number of thiophene rings is 1. The third-order valence-corrected chi connectivity index (χ3v) is 7.21. The minimum absolute atomic E-state index is 0.0574. The van der Waals surface area contributed by atoms with Gasteiger partial charge in [0.05, 0.1) is 27.4 Å². The van der Waals surface area contributed by atoms with Crippen molar-refractivity contribution in [1.29, 1.82) is 0 Å². The number of nitro benzene ring substituents is 1. The van der Waals surface area contributed by atoms with Gasteiger partial charge in [0.2, 0.25) is 0 Å². The molecule has 2 aromatic carbocycles. The quantitative estimate of drug-likeness (QED) is 0.301. The van der Waals surface area contributed by atoms with Gasteiger partial charge in [0, 0.05) is 26.2 Å². The van der Waals surface area contributed by atoms with E-state index in [9.17, 15) is 24.5 Å². The Hall–Kier alpha value is -4.05. The highest BCUT2D eigenvalue weighted by atomic mass is 32.1. The van der Waals surface area contributed by atoms with Crippen molar-refractivity contribution >= 4 is 33.1 Å². The van der Waals surface area contributed by atoms with Gasteiger partial charge in [-0.2, -0.15) is 0 Å². The number of non-ortho nitro benzene ring substituents is 1. The van der Waals surface area contributed by atoms with Crippen LogP contribution in [0.2, 0.25) is 0 Å². The SMILES string of the molecule is CCc1ccc(-n2c(=O)c3c(C)c(C(=O)N(C)C)sc3n(Cc3ccc([N+](=O)[O-])cc3)c2=O)cc1. The second-order valence-electron chi connectivity index (χ2n) is 8.39. The molecule has 0 unspecified atom stereocenters. The molecule has 4 rings (SSSR count). The van der Waals surface area contributed by atoms with E-state index in [0.29, 0.717) is 31.9 Å². The summed E-state index contributed by atoms with van der Waals surface area (Å²) in [4.78, 5) is 52.8. The molecule has 2 aromatic heterocycles. The molecule has 0 atom stereocenters. The van der Waals surface area contributed by atoms with E-state index in [-0.39, 0.29) is 18.1 Å². The van der Waals surface area contributed by atoms with Crippen molar-refractivity contribution in [2.24, 2.45) is 0 Å². The van der Waals surface area contributed by atoms with Gasteiger partial charge in [0.15, 0.2) is 0 Å². The fraction of sp³-hybridized carbons (Fsp3) is 0.240. The molecule has 180 valence electrons. The topological polar surface area (TPSA) is 107 Å². The Labute approximate surface area is 204 Å². The van der Waals surface area contributed by atoms with Crippen LogP contribution in [0.5, 0.6) is 0 Å². The summed E-state index contributed by atoms with van der Waals surface area (Å²) in [5.74, 6) is -0.253. The Morgan fingerprint density at radius 2 is 1.63 bits per heavy atom. The lowest BCUT2D eigenvalue weighted by Crippen LogP contribution is -2.38. The normalized spacial score (nSPS) is 11.1. The monoisotopic (exact) mass is 492 g/mol. The molecule has 0 radical (unpaired) electrons. The van der Waals surface area contributed by atoms with Gasteiger partial charge in [0.1, 0.15) is 4.83 Å². The molecular weight excluding hydrogens is 468 g/mol. The number of hydrogen-bond acceptors (Lipinski definition) is 6. The maximum absolute atomic E-state index is 13.7. The van der Waals surface area contributed by atoms with Crippen LogP contribution in [-0.2, 0) is 13.0 Å². The lowest BCUT2D eigenvalue weighted by atomic mass is 10.1. The van der Waals surface area contributed by atoms with Gasteiger partial charge in [-0.3, -0.25) is 24.3 Å². The number of aromatic nitrogens is 2. The fourth-order valence-corrected chi connectivity index (χ4v) is 5.22. The number of rotatable bonds is 6. The van der Waals surface area contributed by atoms with Gasteiger partial charge in [-0.05, 0) is 42.2 Å². The Morgan fingerprint density at radius 3 is 2.17 bits per heavy atom. The van der Waals surface area contributed by atoms with Crippen molar-refractivity contribution in [3.63, 3.8) is 0 Å². The fourth-order valence-electron chi connectivity index (χ4n) is 3.91. The molecule has 0 saturated carbocycles. The van der Waals surface area contributed by atoms with Crippen LogP contribution in [0.3, 0.4) is 0 Å². The first-order valence-electron chi connectivity index (χ1n) is 11.0. The van der Waals surface area contributed by atoms with E-state index in [4.69, 9.17) is 0 Å². The maximum Gasteiger partial charge on any atom is 0.337 e. The first-order chi connectivity index (χ1) is 16.6. The summed E-state index contributed by atoms with van der Waals surface area (Å²) < 4.78 is 2.58. The Morgan fingerprint density at radius 1 is 1.03 bits per heavy atom. The first-order valence-corrected chi connectivity index (χ1v) is 11.8. The van der Waals surface area contributed by atoms with Crippen LogP contribution in [0.15, 0.2) is 58.1 Å². The van der Waals surface area contributed by atoms with Crippen LogP contribution in [0.4, 0.5) is 5.69 Å². The first kappa shape index (κ1) is 24.1. The highest BCUT2D eigenvalue weighted by Gasteiger charge is 2.24. The van der Waals surface area contributed by atoms with Crippen molar-refractivity contribution in [1.82, 2.24) is 14.0 Å². The summed E-state index contributed by atoms with van der Waals surface area (Å²) in [6, 6.07) is 13.1. The van der Waals surface area contributed by atoms with Crippen molar-refractivity contribution in [3.8, 4) is 5.69 Å². The number of hydrogen-bond donors (Lipinski definition) is 0. The predicted molar refractivity (Wildman–Crippen MR) is 136 cm³/mol. The Bertz CT molecular complexity index is 1560. The lowest BCUT2D eigenvalue weighted by molar-refractivity contribution is -0.384. The Kier molecular flexibility index (Phi) is 6.40. The van der Waals surface area contributed by atoms with E-state index >= 15 is 0 Å². The van der Waals surface area contributed by atoms with Crippen LogP contribution < -0.4 is 11.2 Å². The molecule has 0 bridgehead atoms. The van der Waals surface area contributed by atoms with E-state index in [0.717, 1.165) is 27.9 Å². The van der Waals surface area contributed by atoms with E-state index < -0.39 is 16.2 Å². The minimum atomic E-state index is -0.546. The predicted octanol–water partition coefficient (Wildman–Crippen LogP) is 3.74. The van der Waals surface area contributed by atoms with Crippen molar-refractivity contribution in [2.45, 2.75) is 26.8 Å². The van der Waals surface area contributed by atoms with E-state index in [1.165, 1.54) is 21.6 Å². The van der Waals surface area contributed by atoms with Crippen molar-refractivity contribution in [2.75, 3.05) is 14.1 Å². The highest BCUT2D eigenvalue weighted by Crippen LogP contribution is 2.29. The zero-order valence-corrected chi connectivity index (χ0v) is 20.6. The molecule has 2 heterocycles. The number of carbonyl (C=O) groups is 1. The highest BCUT2D eigenvalue weighted by molar-refractivity contribution is 7.20. The molecule has 0 N–H and O–H groups in total. The summed E-state index contributed by atoms with van der Waals surface area (Å²) in [5.41, 5.74) is 1.58. The Balaban J connectivity index is 2.00. The number of carbonyl (C=O) groups excluding carboxylic acids is 1. The molecule has 0 aliphatic rings. The van der Waals surface area contributed by atoms with Gasteiger partial charge < -0.3 is 4.90 Å². The van der Waals surface area contributed by atoms with Gasteiger partial charge in [0.25, 0.3) is 17.2 Å². The molecule has 4 aromatic rings. The zero-order valence-electron chi connectivity index (χ0n) is 19.8. The van der Waals surface area contributed by atoms with Gasteiger partial charge in [-0.25, -0.2) is 9.36 Å². The summed E-state index contributed by atoms with van der Waals surface area (Å²) in [5, 5.41) is 11.3. The largest absolute Gasteiger partial charge is 0.344 e. The van der Waals surface area contributed by atoms with Crippen LogP contribution in [0.1, 0.15) is 33.3 Å². The molecule has 0 spiro atoms. The second-order valence-corrected chi connectivity index (χ2v) is 9.39. The van der Waals surface area contributed by atoms with Gasteiger partial charge in [-0.1, -0.05) is 31.2 Å². The number of nitrogens with zero attached hydrogens (tertiary/aromatic N) is 4. The second kappa shape index (κ2) is 9.30. The number of fused-ring (bicyclic) bond motifs is 1. The van der Waals surface area contributed by atoms with Crippen molar-refractivity contribution < 1.29 is 9.72 Å². The van der Waals surface area contributed by atoms with Crippen LogP contribution in [-0.4, -0.2) is 39.0 Å². The van der Waals surface area contributed by atoms with E-state index in [2.05, 4.69) is 0 Å². The molecule has 0 aliphatic heterocycles. The molecule has 0 fully saturated rings. The third kappa shape index (κ3) is 4.28. The molecule has 35 heavy (non-hydrogen) atoms. The molecule has 9 nitrogen and oxygen atoms in total. The zero-order chi connectivity index (χ0) is 25.4. The summed E-state index contributed by atoms with van der Waals surface area (Å²) >= 11 is 1.10. The maximum atomic E-state index is 13.7. The van der Waals surface area contributed by atoms with Crippen LogP contribution in [0, 0.1) is 17.0 Å². The number of amides is 1. The summed E-state index contributed by atoms with van der Waals surface area (Å²) in [6.07, 6.45) is 0.818. The smallest absolute Gasteiger partial charge is 0.337 e. The van der Waals surface area contributed by atoms with Crippen LogP contribution in [0.25, 0.3) is 15.9 Å². The third-order valence-electron chi connectivity index (χ3n) is 5.90. The molecule has 0 saturated heterocycles.